The van der Waals surface area contributed by atoms with Crippen molar-refractivity contribution >= 4 is 43.5 Å². The Labute approximate surface area is 197 Å². The summed E-state index contributed by atoms with van der Waals surface area (Å²) in [6.07, 6.45) is 4.11. The molecule has 0 N–H and O–H groups in total. The van der Waals surface area contributed by atoms with Gasteiger partial charge in [-0.15, -0.1) is 0 Å². The minimum absolute atomic E-state index is 1.06. The first-order valence-corrected chi connectivity index (χ1v) is 8.11. The Balaban J connectivity index is -0.0000000795. The maximum Gasteiger partial charge on any atom is 0.673 e. The summed E-state index contributed by atoms with van der Waals surface area (Å²) in [5.41, 5.74) is 0. The van der Waals surface area contributed by atoms with Crippen molar-refractivity contribution in [1.82, 2.24) is 0 Å². The SMILES string of the molecule is CC[n+]1ccccc1.F[B-](F)(F)F.F[B-](F)(F)F.F[B-](F)(F)F.F[B-](F)(F)F.F[B-](F)(F)F.F[B-](F)(F)F. The van der Waals surface area contributed by atoms with Crippen molar-refractivity contribution < 1.29 is 108 Å². The highest BCUT2D eigenvalue weighted by molar-refractivity contribution is 6.51. The van der Waals surface area contributed by atoms with E-state index in [1.807, 2.05) is 18.2 Å². The molecule has 0 fully saturated rings. The van der Waals surface area contributed by atoms with E-state index in [4.69, 9.17) is 0 Å². The van der Waals surface area contributed by atoms with Crippen molar-refractivity contribution in [2.24, 2.45) is 0 Å². The van der Waals surface area contributed by atoms with Crippen LogP contribution in [0.2, 0.25) is 0 Å². The molecule has 0 saturated heterocycles. The van der Waals surface area contributed by atoms with Gasteiger partial charge < -0.3 is 104 Å². The smallest absolute Gasteiger partial charge is 0.418 e. The minimum atomic E-state index is -6.00. The first-order chi connectivity index (χ1) is 15.9. The van der Waals surface area contributed by atoms with Crippen molar-refractivity contribution in [3.63, 3.8) is 0 Å². The van der Waals surface area contributed by atoms with E-state index in [1.165, 1.54) is 0 Å². The van der Waals surface area contributed by atoms with Crippen LogP contribution < -0.4 is 4.57 Å². The maximum absolute atomic E-state index is 9.75. The van der Waals surface area contributed by atoms with Gasteiger partial charge in [0.2, 0.25) is 0 Å². The molecular weight excluding hydrogens is 619 g/mol. The van der Waals surface area contributed by atoms with E-state index in [2.05, 4.69) is 23.9 Å². The zero-order valence-corrected chi connectivity index (χ0v) is 17.6. The Kier molecular flexibility index (Phi) is 28.0. The third-order valence-electron chi connectivity index (χ3n) is 1.14. The molecule has 234 valence electrons. The fourth-order valence-corrected chi connectivity index (χ4v) is 0.645. The van der Waals surface area contributed by atoms with Crippen LogP contribution in [0.4, 0.5) is 104 Å². The lowest BCUT2D eigenvalue weighted by atomic mass is 10.3. The predicted octanol–water partition coefficient (Wildman–Crippen LogP) is 8.79. The maximum atomic E-state index is 9.75. The van der Waals surface area contributed by atoms with Gasteiger partial charge in [0.25, 0.3) is 0 Å². The molecule has 0 bridgehead atoms. The molecule has 1 aromatic rings. The second-order valence-electron chi connectivity index (χ2n) is 4.68. The van der Waals surface area contributed by atoms with Gasteiger partial charge in [-0.25, -0.2) is 4.57 Å². The van der Waals surface area contributed by atoms with E-state index in [-0.39, 0.29) is 0 Å². The van der Waals surface area contributed by atoms with Gasteiger partial charge in [0.15, 0.2) is 12.4 Å². The van der Waals surface area contributed by atoms with Gasteiger partial charge in [-0.05, 0) is 6.92 Å². The van der Waals surface area contributed by atoms with Crippen LogP contribution in [0.25, 0.3) is 0 Å². The molecule has 0 saturated carbocycles. The van der Waals surface area contributed by atoms with E-state index in [0.29, 0.717) is 0 Å². The van der Waals surface area contributed by atoms with Crippen molar-refractivity contribution in [2.75, 3.05) is 0 Å². The van der Waals surface area contributed by atoms with Crippen LogP contribution in [-0.4, -0.2) is 43.5 Å². The Morgan fingerprint density at radius 1 is 0.342 bits per heavy atom. The molecular formula is C7H10B6F24N-5. The van der Waals surface area contributed by atoms with Crippen molar-refractivity contribution in [3.8, 4) is 0 Å². The van der Waals surface area contributed by atoms with E-state index < -0.39 is 43.5 Å². The Morgan fingerprint density at radius 2 is 0.474 bits per heavy atom. The summed E-state index contributed by atoms with van der Waals surface area (Å²) in [4.78, 5) is 0. The molecule has 0 aliphatic carbocycles. The van der Waals surface area contributed by atoms with Crippen LogP contribution in [0.15, 0.2) is 30.6 Å². The molecule has 0 aliphatic rings. The second kappa shape index (κ2) is 21.8. The number of pyridine rings is 1. The number of aryl methyl sites for hydroxylation is 1. The molecule has 0 aromatic carbocycles. The zero-order valence-electron chi connectivity index (χ0n) is 17.6. The molecule has 38 heavy (non-hydrogen) atoms. The predicted molar refractivity (Wildman–Crippen MR) is 93.4 cm³/mol. The molecule has 1 aromatic heterocycles. The third-order valence-corrected chi connectivity index (χ3v) is 1.14. The first-order valence-electron chi connectivity index (χ1n) is 8.11. The van der Waals surface area contributed by atoms with Gasteiger partial charge in [0, 0.05) is 12.1 Å². The summed E-state index contributed by atoms with van der Waals surface area (Å²) in [5, 5.41) is 0. The lowest BCUT2D eigenvalue weighted by molar-refractivity contribution is -0.693. The molecule has 0 spiro atoms. The number of hydrogen-bond donors (Lipinski definition) is 0. The fourth-order valence-electron chi connectivity index (χ4n) is 0.645. The molecule has 0 unspecified atom stereocenters. The van der Waals surface area contributed by atoms with Crippen LogP contribution in [0.5, 0.6) is 0 Å². The van der Waals surface area contributed by atoms with E-state index in [0.717, 1.165) is 6.54 Å². The molecule has 1 heterocycles. The van der Waals surface area contributed by atoms with Crippen LogP contribution >= 0.6 is 0 Å². The largest absolute Gasteiger partial charge is 0.673 e. The van der Waals surface area contributed by atoms with Crippen LogP contribution in [-0.2, 0) is 6.54 Å². The molecule has 0 radical (unpaired) electrons. The van der Waals surface area contributed by atoms with E-state index in [9.17, 15) is 104 Å². The second-order valence-corrected chi connectivity index (χ2v) is 4.68. The zero-order chi connectivity index (χ0) is 32.8. The topological polar surface area (TPSA) is 3.88 Å². The lowest BCUT2D eigenvalue weighted by Crippen LogP contribution is -2.30. The number of aromatic nitrogens is 1. The Morgan fingerprint density at radius 3 is 0.553 bits per heavy atom. The van der Waals surface area contributed by atoms with Gasteiger partial charge in [-0.1, -0.05) is 6.07 Å². The molecule has 0 aliphatic heterocycles. The van der Waals surface area contributed by atoms with Crippen LogP contribution in [0, 0.1) is 0 Å². The lowest BCUT2D eigenvalue weighted by Gasteiger charge is -1.94. The molecule has 1 nitrogen and oxygen atoms in total. The van der Waals surface area contributed by atoms with Crippen LogP contribution in [0.3, 0.4) is 0 Å². The summed E-state index contributed by atoms with van der Waals surface area (Å²) in [5.74, 6) is 0. The van der Waals surface area contributed by atoms with Gasteiger partial charge in [0.1, 0.15) is 6.54 Å². The summed E-state index contributed by atoms with van der Waals surface area (Å²) >= 11 is 0. The van der Waals surface area contributed by atoms with Gasteiger partial charge >= 0.3 is 43.5 Å². The standard InChI is InChI=1S/C7H10N.6BF4/c1-2-8-6-4-3-5-7-8;6*2-1(3,4)5/h3-7H,2H2,1H3;;;;;;/q+1;6*-1. The van der Waals surface area contributed by atoms with E-state index in [1.54, 1.807) is 0 Å². The quantitative estimate of drug-likeness (QED) is 0.166. The minimum Gasteiger partial charge on any atom is -0.418 e. The molecule has 31 heteroatoms. The summed E-state index contributed by atoms with van der Waals surface area (Å²) in [7, 11) is -36.0. The number of hydrogen-bond acceptors (Lipinski definition) is 0. The highest BCUT2D eigenvalue weighted by Crippen LogP contribution is 2.09. The normalized spacial score (nSPS) is 11.4. The number of rotatable bonds is 1. The van der Waals surface area contributed by atoms with Crippen molar-refractivity contribution in [1.29, 1.82) is 0 Å². The first kappa shape index (κ1) is 48.9. The van der Waals surface area contributed by atoms with E-state index >= 15 is 0 Å². The monoisotopic (exact) mass is 630 g/mol. The van der Waals surface area contributed by atoms with Gasteiger partial charge in [-0.3, -0.25) is 0 Å². The summed E-state index contributed by atoms with van der Waals surface area (Å²) in [6, 6.07) is 6.08. The molecule has 0 atom stereocenters. The summed E-state index contributed by atoms with van der Waals surface area (Å²) in [6.45, 7) is 3.18. The average Bonchev–Trinajstić information content (AvgIpc) is 2.45. The Hall–Kier alpha value is -2.14. The fraction of sp³-hybridized carbons (Fsp3) is 0.286. The van der Waals surface area contributed by atoms with Gasteiger partial charge in [-0.2, -0.15) is 0 Å². The Bertz CT molecular complexity index is 486. The molecule has 1 rings (SSSR count). The van der Waals surface area contributed by atoms with Crippen molar-refractivity contribution in [2.45, 2.75) is 13.5 Å². The third kappa shape index (κ3) is 592. The average molecular weight is 629 g/mol. The van der Waals surface area contributed by atoms with Crippen molar-refractivity contribution in [3.05, 3.63) is 30.6 Å². The highest BCUT2D eigenvalue weighted by atomic mass is 19.5. The van der Waals surface area contributed by atoms with Gasteiger partial charge in [0.05, 0.1) is 0 Å². The van der Waals surface area contributed by atoms with Crippen LogP contribution in [0.1, 0.15) is 6.92 Å². The highest BCUT2D eigenvalue weighted by Gasteiger charge is 2.22. The molecule has 0 amide bonds. The number of nitrogens with zero attached hydrogens (tertiary/aromatic N) is 1. The number of halogens is 24. The summed E-state index contributed by atoms with van der Waals surface area (Å²) < 4.78 is 236.